The second kappa shape index (κ2) is 32.7. The van der Waals surface area contributed by atoms with Gasteiger partial charge in [-0.05, 0) is 181 Å². The predicted molar refractivity (Wildman–Crippen MR) is 334 cm³/mol. The van der Waals surface area contributed by atoms with E-state index in [0.29, 0.717) is 60.5 Å². The summed E-state index contributed by atoms with van der Waals surface area (Å²) in [5.74, 6) is -0.474. The van der Waals surface area contributed by atoms with Crippen LogP contribution in [0.4, 0.5) is 0 Å². The quantitative estimate of drug-likeness (QED) is 0.0281. The third kappa shape index (κ3) is 18.4. The van der Waals surface area contributed by atoms with Gasteiger partial charge in [-0.25, -0.2) is 0 Å². The third-order valence-corrected chi connectivity index (χ3v) is 18.0. The first-order valence-electron chi connectivity index (χ1n) is 31.7. The fourth-order valence-corrected chi connectivity index (χ4v) is 12.9. The van der Waals surface area contributed by atoms with Crippen molar-refractivity contribution >= 4 is 47.8 Å². The number of hydrogen-bond acceptors (Lipinski definition) is 16. The van der Waals surface area contributed by atoms with E-state index in [1.54, 1.807) is 0 Å². The van der Waals surface area contributed by atoms with Gasteiger partial charge in [0.2, 0.25) is 0 Å². The number of carbonyl (C=O) groups excluding carboxylic acids is 8. The minimum atomic E-state index is -0.464. The molecule has 16 nitrogen and oxygen atoms in total. The number of benzene rings is 4. The Hall–Kier alpha value is -7.36. The molecule has 0 N–H and O–H groups in total. The Balaban J connectivity index is 1.35. The molecule has 0 aliphatic heterocycles. The van der Waals surface area contributed by atoms with Gasteiger partial charge in [0.05, 0.1) is 28.4 Å². The lowest BCUT2D eigenvalue weighted by molar-refractivity contribution is -0.142. The van der Waals surface area contributed by atoms with Crippen LogP contribution < -0.4 is 18.9 Å². The number of ether oxygens (including phenoxy) is 8. The number of hydrogen-bond donors (Lipinski definition) is 0. The standard InChI is InChI=1S/C72H94O16/c1-45(2)55-41-51(25-29-59(55)85-67(77)21-13-17-63(73)81-9)71(52-26-30-60(56(42-52)46(3)4)86-68(78)22-14-18-64(74)82-10)37-33-49(34-38-71)50-35-39-72(40-36-50,53-27-31-61(57(43-53)47(5)6)87-69(79)23-15-19-65(75)83-11)54-28-32-62(58(44-54)48(7)8)88-70(80)24-16-20-66(76)84-12/h25-32,41-50H,13-24,33-40H2,1-12H3. The van der Waals surface area contributed by atoms with Crippen molar-refractivity contribution in [2.24, 2.45) is 11.8 Å². The topological polar surface area (TPSA) is 210 Å². The SMILES string of the molecule is COC(=O)CCCC(=O)Oc1ccc(C2(c3ccc(OC(=O)CCCC(=O)OC)c(C(C)C)c3)CCC(C3CCC(c4ccc(OC(=O)CCCC(=O)OC)c(C(C)C)c4)(c4ccc(OC(=O)CCCC(=O)OC)c(C(C)C)c4)CC3)CC2)cc1C(C)C. The highest BCUT2D eigenvalue weighted by atomic mass is 16.6. The van der Waals surface area contributed by atoms with Crippen LogP contribution in [0.25, 0.3) is 0 Å². The van der Waals surface area contributed by atoms with Crippen molar-refractivity contribution in [3.05, 3.63) is 117 Å². The van der Waals surface area contributed by atoms with Crippen LogP contribution in [0.1, 0.15) is 252 Å². The zero-order valence-electron chi connectivity index (χ0n) is 54.1. The molecule has 0 saturated heterocycles. The summed E-state index contributed by atoms with van der Waals surface area (Å²) in [6.45, 7) is 16.7. The van der Waals surface area contributed by atoms with E-state index in [-0.39, 0.29) is 98.9 Å². The molecule has 0 bridgehead atoms. The van der Waals surface area contributed by atoms with Gasteiger partial charge in [-0.3, -0.25) is 38.4 Å². The molecule has 0 heterocycles. The maximum atomic E-state index is 13.2. The number of methoxy groups -OCH3 is 4. The highest BCUT2D eigenvalue weighted by Gasteiger charge is 2.45. The molecule has 0 unspecified atom stereocenters. The lowest BCUT2D eigenvalue weighted by Crippen LogP contribution is -2.39. The summed E-state index contributed by atoms with van der Waals surface area (Å²) in [5.41, 5.74) is 7.10. The summed E-state index contributed by atoms with van der Waals surface area (Å²) < 4.78 is 43.2. The van der Waals surface area contributed by atoms with Crippen molar-refractivity contribution in [3.8, 4) is 23.0 Å². The molecule has 0 spiro atoms. The summed E-state index contributed by atoms with van der Waals surface area (Å²) in [6.07, 6.45) is 9.04. The largest absolute Gasteiger partial charge is 0.469 e. The van der Waals surface area contributed by atoms with Gasteiger partial charge in [0.25, 0.3) is 0 Å². The van der Waals surface area contributed by atoms with E-state index < -0.39 is 34.7 Å². The molecule has 6 rings (SSSR count). The van der Waals surface area contributed by atoms with E-state index in [1.165, 1.54) is 28.4 Å². The summed E-state index contributed by atoms with van der Waals surface area (Å²) in [6, 6.07) is 24.8. The average molecular weight is 1220 g/mol. The van der Waals surface area contributed by atoms with E-state index in [1.807, 2.05) is 24.3 Å². The van der Waals surface area contributed by atoms with Gasteiger partial charge in [0.1, 0.15) is 23.0 Å². The molecule has 0 atom stereocenters. The van der Waals surface area contributed by atoms with Crippen LogP contribution in [0.3, 0.4) is 0 Å². The Morgan fingerprint density at radius 2 is 0.523 bits per heavy atom. The van der Waals surface area contributed by atoms with Crippen LogP contribution in [-0.4, -0.2) is 76.2 Å². The number of carbonyl (C=O) groups is 8. The first-order valence-corrected chi connectivity index (χ1v) is 31.7. The Kier molecular flexibility index (Phi) is 25.9. The molecule has 478 valence electrons. The Morgan fingerprint density at radius 1 is 0.330 bits per heavy atom. The Bertz CT molecular complexity index is 2690. The summed E-state index contributed by atoms with van der Waals surface area (Å²) in [7, 11) is 5.30. The molecule has 16 heteroatoms. The molecule has 4 aromatic rings. The van der Waals surface area contributed by atoms with Gasteiger partial charge < -0.3 is 37.9 Å². The van der Waals surface area contributed by atoms with Gasteiger partial charge in [-0.15, -0.1) is 0 Å². The average Bonchev–Trinajstić information content (AvgIpc) is 1.31. The fraction of sp³-hybridized carbons (Fsp3) is 0.556. The molecule has 2 saturated carbocycles. The van der Waals surface area contributed by atoms with Gasteiger partial charge in [0, 0.05) is 62.2 Å². The summed E-state index contributed by atoms with van der Waals surface area (Å²) in [5, 5.41) is 0. The predicted octanol–water partition coefficient (Wildman–Crippen LogP) is 14.8. The van der Waals surface area contributed by atoms with E-state index in [9.17, 15) is 38.4 Å². The highest BCUT2D eigenvalue weighted by molar-refractivity contribution is 5.77. The van der Waals surface area contributed by atoms with Crippen molar-refractivity contribution in [1.82, 2.24) is 0 Å². The lowest BCUT2D eigenvalue weighted by atomic mass is 9.57. The second-order valence-electron chi connectivity index (χ2n) is 25.1. The van der Waals surface area contributed by atoms with Crippen molar-refractivity contribution in [3.63, 3.8) is 0 Å². The first kappa shape index (κ1) is 69.7. The molecule has 2 fully saturated rings. The van der Waals surface area contributed by atoms with E-state index in [4.69, 9.17) is 37.9 Å². The fourth-order valence-electron chi connectivity index (χ4n) is 12.9. The smallest absolute Gasteiger partial charge is 0.311 e. The first-order chi connectivity index (χ1) is 42.0. The maximum absolute atomic E-state index is 13.2. The molecule has 2 aliphatic carbocycles. The van der Waals surface area contributed by atoms with Crippen LogP contribution in [0.15, 0.2) is 72.8 Å². The van der Waals surface area contributed by atoms with Crippen molar-refractivity contribution in [2.45, 2.75) is 218 Å². The number of esters is 8. The Morgan fingerprint density at radius 3 is 0.705 bits per heavy atom. The van der Waals surface area contributed by atoms with Crippen molar-refractivity contribution in [2.75, 3.05) is 28.4 Å². The van der Waals surface area contributed by atoms with Crippen LogP contribution in [0, 0.1) is 11.8 Å². The molecule has 88 heavy (non-hydrogen) atoms. The molecular weight excluding hydrogens is 1120 g/mol. The molecule has 4 aromatic carbocycles. The van der Waals surface area contributed by atoms with Crippen LogP contribution in [0.2, 0.25) is 0 Å². The van der Waals surface area contributed by atoms with Crippen molar-refractivity contribution < 1.29 is 76.3 Å². The van der Waals surface area contributed by atoms with Gasteiger partial charge >= 0.3 is 47.8 Å². The lowest BCUT2D eigenvalue weighted by Gasteiger charge is -2.47. The molecule has 0 radical (unpaired) electrons. The highest BCUT2D eigenvalue weighted by Crippen LogP contribution is 2.55. The van der Waals surface area contributed by atoms with Gasteiger partial charge in [-0.1, -0.05) is 104 Å². The maximum Gasteiger partial charge on any atom is 0.311 e. The zero-order valence-corrected chi connectivity index (χ0v) is 54.1. The van der Waals surface area contributed by atoms with Crippen molar-refractivity contribution in [1.29, 1.82) is 0 Å². The number of rotatable bonds is 29. The van der Waals surface area contributed by atoms with Gasteiger partial charge in [-0.2, -0.15) is 0 Å². The van der Waals surface area contributed by atoms with E-state index in [2.05, 4.69) is 104 Å². The molecule has 2 aliphatic rings. The normalized spacial score (nSPS) is 15.0. The Labute approximate surface area is 520 Å². The molecular formula is C72H94O16. The van der Waals surface area contributed by atoms with E-state index >= 15 is 0 Å². The zero-order chi connectivity index (χ0) is 64.3. The van der Waals surface area contributed by atoms with Crippen LogP contribution in [0.5, 0.6) is 23.0 Å². The molecule has 0 aromatic heterocycles. The summed E-state index contributed by atoms with van der Waals surface area (Å²) in [4.78, 5) is 100. The van der Waals surface area contributed by atoms with E-state index in [0.717, 1.165) is 95.9 Å². The minimum Gasteiger partial charge on any atom is -0.469 e. The monoisotopic (exact) mass is 1210 g/mol. The second-order valence-corrected chi connectivity index (χ2v) is 25.1. The molecule has 0 amide bonds. The van der Waals surface area contributed by atoms with Gasteiger partial charge in [0.15, 0.2) is 0 Å². The van der Waals surface area contributed by atoms with Crippen LogP contribution in [-0.2, 0) is 68.1 Å². The third-order valence-electron chi connectivity index (χ3n) is 18.0. The minimum absolute atomic E-state index is 0.000165. The summed E-state index contributed by atoms with van der Waals surface area (Å²) >= 11 is 0. The van der Waals surface area contributed by atoms with Crippen LogP contribution >= 0.6 is 0 Å².